The largest absolute Gasteiger partial charge is 0.435 e. The summed E-state index contributed by atoms with van der Waals surface area (Å²) in [6, 6.07) is 15.1. The average Bonchev–Trinajstić information content (AvgIpc) is 3.01. The molecule has 1 aliphatic heterocycles. The number of alkyl halides is 2. The van der Waals surface area contributed by atoms with Gasteiger partial charge in [0.05, 0.1) is 0 Å². The smallest absolute Gasteiger partial charge is 0.387 e. The van der Waals surface area contributed by atoms with E-state index in [1.807, 2.05) is 30.3 Å². The molecule has 2 aromatic carbocycles. The van der Waals surface area contributed by atoms with Crippen LogP contribution in [0.1, 0.15) is 17.5 Å². The zero-order valence-electron chi connectivity index (χ0n) is 15.1. The van der Waals surface area contributed by atoms with E-state index in [1.165, 1.54) is 18.2 Å². The molecule has 1 heterocycles. The van der Waals surface area contributed by atoms with Crippen LogP contribution in [-0.2, 0) is 16.1 Å². The van der Waals surface area contributed by atoms with Gasteiger partial charge in [0.15, 0.2) is 0 Å². The Bertz CT molecular complexity index is 838. The maximum absolute atomic E-state index is 12.5. The second kappa shape index (κ2) is 9.12. The molecular formula is C21H20F2N2O3. The summed E-state index contributed by atoms with van der Waals surface area (Å²) >= 11 is 0. The molecule has 28 heavy (non-hydrogen) atoms. The highest BCUT2D eigenvalue weighted by atomic mass is 19.3. The molecule has 1 atom stereocenters. The normalized spacial score (nSPS) is 16.8. The molecule has 0 aromatic heterocycles. The van der Waals surface area contributed by atoms with Gasteiger partial charge in [-0.25, -0.2) is 0 Å². The molecule has 0 bridgehead atoms. The van der Waals surface area contributed by atoms with Crippen LogP contribution in [0.15, 0.2) is 60.7 Å². The molecule has 0 aliphatic carbocycles. The summed E-state index contributed by atoms with van der Waals surface area (Å²) in [7, 11) is 0. The Kier molecular flexibility index (Phi) is 6.37. The number of ether oxygens (including phenoxy) is 1. The van der Waals surface area contributed by atoms with Crippen molar-refractivity contribution in [1.82, 2.24) is 10.2 Å². The van der Waals surface area contributed by atoms with Gasteiger partial charge >= 0.3 is 6.61 Å². The van der Waals surface area contributed by atoms with E-state index in [2.05, 4.69) is 10.1 Å². The lowest BCUT2D eigenvalue weighted by molar-refractivity contribution is -0.132. The summed E-state index contributed by atoms with van der Waals surface area (Å²) in [6.07, 6.45) is 3.42. The Morgan fingerprint density at radius 2 is 1.89 bits per heavy atom. The van der Waals surface area contributed by atoms with Crippen molar-refractivity contribution in [3.05, 3.63) is 71.8 Å². The highest BCUT2D eigenvalue weighted by Gasteiger charge is 2.32. The molecule has 0 spiro atoms. The third kappa shape index (κ3) is 5.39. The summed E-state index contributed by atoms with van der Waals surface area (Å²) in [6.45, 7) is -1.76. The molecule has 7 heteroatoms. The van der Waals surface area contributed by atoms with E-state index in [0.29, 0.717) is 25.1 Å². The number of amides is 2. The minimum atomic E-state index is -2.88. The minimum Gasteiger partial charge on any atom is -0.435 e. The molecule has 0 unspecified atom stereocenters. The summed E-state index contributed by atoms with van der Waals surface area (Å²) in [4.78, 5) is 26.3. The number of halogens is 2. The third-order valence-corrected chi connectivity index (χ3v) is 4.36. The Hall–Kier alpha value is -3.22. The van der Waals surface area contributed by atoms with Crippen LogP contribution in [0.4, 0.5) is 8.78 Å². The maximum atomic E-state index is 12.5. The van der Waals surface area contributed by atoms with Crippen LogP contribution in [0.25, 0.3) is 6.08 Å². The highest BCUT2D eigenvalue weighted by Crippen LogP contribution is 2.17. The summed E-state index contributed by atoms with van der Waals surface area (Å²) < 4.78 is 28.5. The quantitative estimate of drug-likeness (QED) is 0.744. The number of nitrogens with one attached hydrogen (secondary N) is 1. The Labute approximate surface area is 161 Å². The van der Waals surface area contributed by atoms with Crippen molar-refractivity contribution < 1.29 is 23.1 Å². The first-order valence-corrected chi connectivity index (χ1v) is 8.87. The van der Waals surface area contributed by atoms with E-state index in [4.69, 9.17) is 0 Å². The number of rotatable bonds is 7. The summed E-state index contributed by atoms with van der Waals surface area (Å²) in [5.41, 5.74) is 1.70. The van der Waals surface area contributed by atoms with E-state index in [1.54, 1.807) is 23.1 Å². The average molecular weight is 386 g/mol. The predicted octanol–water partition coefficient (Wildman–Crippen LogP) is 3.22. The van der Waals surface area contributed by atoms with Gasteiger partial charge in [0, 0.05) is 19.2 Å². The first kappa shape index (κ1) is 19.5. The van der Waals surface area contributed by atoms with Gasteiger partial charge in [-0.15, -0.1) is 0 Å². The monoisotopic (exact) mass is 386 g/mol. The van der Waals surface area contributed by atoms with Crippen molar-refractivity contribution in [2.24, 2.45) is 0 Å². The van der Waals surface area contributed by atoms with Gasteiger partial charge in [-0.3, -0.25) is 9.59 Å². The lowest BCUT2D eigenvalue weighted by atomic mass is 10.2. The van der Waals surface area contributed by atoms with Crippen LogP contribution in [-0.4, -0.2) is 35.9 Å². The molecule has 2 aromatic rings. The number of likely N-dealkylation sites (tertiary alicyclic amines) is 1. The van der Waals surface area contributed by atoms with Crippen LogP contribution in [0.5, 0.6) is 5.75 Å². The van der Waals surface area contributed by atoms with Crippen LogP contribution in [0.2, 0.25) is 0 Å². The second-order valence-corrected chi connectivity index (χ2v) is 6.38. The van der Waals surface area contributed by atoms with Crippen molar-refractivity contribution in [2.75, 3.05) is 6.54 Å². The third-order valence-electron chi connectivity index (χ3n) is 4.36. The standard InChI is InChI=1S/C21H20F2N2O3/c22-21(23)28-17-9-6-15(7-10-17)8-11-19(26)24-18-12-13-25(20(18)27)14-16-4-2-1-3-5-16/h1-11,18,21H,12-14H2,(H,24,26)/b11-8-/t18-/m1/s1. The lowest BCUT2D eigenvalue weighted by Gasteiger charge is -2.17. The molecule has 1 N–H and O–H groups in total. The van der Waals surface area contributed by atoms with Gasteiger partial charge in [0.2, 0.25) is 11.8 Å². The fourth-order valence-corrected chi connectivity index (χ4v) is 2.99. The van der Waals surface area contributed by atoms with Crippen molar-refractivity contribution in [3.8, 4) is 5.75 Å². The number of nitrogens with zero attached hydrogens (tertiary/aromatic N) is 1. The number of benzene rings is 2. The van der Waals surface area contributed by atoms with Crippen molar-refractivity contribution in [1.29, 1.82) is 0 Å². The molecular weight excluding hydrogens is 366 g/mol. The first-order chi connectivity index (χ1) is 13.5. The van der Waals surface area contributed by atoms with Gasteiger partial charge in [-0.2, -0.15) is 8.78 Å². The molecule has 2 amide bonds. The molecule has 146 valence electrons. The van der Waals surface area contributed by atoms with Gasteiger partial charge in [-0.1, -0.05) is 42.5 Å². The number of hydrogen-bond donors (Lipinski definition) is 1. The minimum absolute atomic E-state index is 0.0478. The van der Waals surface area contributed by atoms with Crippen molar-refractivity contribution >= 4 is 17.9 Å². The maximum Gasteiger partial charge on any atom is 0.387 e. The van der Waals surface area contributed by atoms with Crippen LogP contribution in [0.3, 0.4) is 0 Å². The van der Waals surface area contributed by atoms with E-state index >= 15 is 0 Å². The number of carbonyl (C=O) groups is 2. The SMILES string of the molecule is O=C(/C=C\c1ccc(OC(F)F)cc1)N[C@@H]1CCN(Cc2ccccc2)C1=O. The molecule has 1 fully saturated rings. The van der Waals surface area contributed by atoms with E-state index < -0.39 is 12.7 Å². The Morgan fingerprint density at radius 3 is 2.57 bits per heavy atom. The zero-order chi connectivity index (χ0) is 19.9. The zero-order valence-corrected chi connectivity index (χ0v) is 15.1. The van der Waals surface area contributed by atoms with Crippen LogP contribution < -0.4 is 10.1 Å². The molecule has 0 radical (unpaired) electrons. The highest BCUT2D eigenvalue weighted by molar-refractivity contribution is 5.96. The Morgan fingerprint density at radius 1 is 1.18 bits per heavy atom. The molecule has 0 saturated carbocycles. The van der Waals surface area contributed by atoms with Crippen LogP contribution >= 0.6 is 0 Å². The molecule has 1 aliphatic rings. The Balaban J connectivity index is 1.50. The number of hydrogen-bond acceptors (Lipinski definition) is 3. The van der Waals surface area contributed by atoms with E-state index in [0.717, 1.165) is 5.56 Å². The van der Waals surface area contributed by atoms with Crippen molar-refractivity contribution in [2.45, 2.75) is 25.6 Å². The van der Waals surface area contributed by atoms with Gasteiger partial charge in [0.1, 0.15) is 11.8 Å². The fraction of sp³-hybridized carbons (Fsp3) is 0.238. The molecule has 5 nitrogen and oxygen atoms in total. The molecule has 1 saturated heterocycles. The number of carbonyl (C=O) groups excluding carboxylic acids is 2. The second-order valence-electron chi connectivity index (χ2n) is 6.38. The summed E-state index contributed by atoms with van der Waals surface area (Å²) in [5.74, 6) is -0.432. The lowest BCUT2D eigenvalue weighted by Crippen LogP contribution is -2.40. The van der Waals surface area contributed by atoms with E-state index in [-0.39, 0.29) is 17.6 Å². The molecule has 3 rings (SSSR count). The predicted molar refractivity (Wildman–Crippen MR) is 101 cm³/mol. The van der Waals surface area contributed by atoms with Crippen molar-refractivity contribution in [3.63, 3.8) is 0 Å². The fourth-order valence-electron chi connectivity index (χ4n) is 2.99. The first-order valence-electron chi connectivity index (χ1n) is 8.87. The van der Waals surface area contributed by atoms with E-state index in [9.17, 15) is 18.4 Å². The summed E-state index contributed by atoms with van der Waals surface area (Å²) in [5, 5.41) is 2.71. The van der Waals surface area contributed by atoms with Gasteiger partial charge < -0.3 is 15.0 Å². The van der Waals surface area contributed by atoms with Gasteiger partial charge in [0.25, 0.3) is 0 Å². The van der Waals surface area contributed by atoms with Gasteiger partial charge in [-0.05, 0) is 35.8 Å². The van der Waals surface area contributed by atoms with Crippen LogP contribution in [0, 0.1) is 0 Å². The topological polar surface area (TPSA) is 58.6 Å².